The quantitative estimate of drug-likeness (QED) is 0.579. The van der Waals surface area contributed by atoms with Crippen LogP contribution in [0.4, 0.5) is 19.0 Å². The third-order valence-corrected chi connectivity index (χ3v) is 3.57. The molecular formula is C14H10Cl2F3N3O4. The van der Waals surface area contributed by atoms with Gasteiger partial charge in [-0.2, -0.15) is 13.2 Å². The molecule has 2 rings (SSSR count). The topological polar surface area (TPSA) is 93.5 Å². The Morgan fingerprint density at radius 3 is 2.50 bits per heavy atom. The molecule has 0 aromatic carbocycles. The molecule has 2 aromatic rings. The second-order valence-corrected chi connectivity index (χ2v) is 5.62. The molecule has 0 spiro atoms. The molecule has 0 bridgehead atoms. The van der Waals surface area contributed by atoms with E-state index < -0.39 is 35.3 Å². The van der Waals surface area contributed by atoms with E-state index in [0.29, 0.717) is 0 Å². The van der Waals surface area contributed by atoms with Crippen LogP contribution in [0.15, 0.2) is 35.1 Å². The standard InChI is InChI=1S/C14H10Cl2F3N3O4/c1-25-12(24)13(14(17,18)19,22-11(23)9-3-2-4-26-9)21-10-8(16)5-7(15)6-20-10/h2-6H,1H3,(H,20,21)(H,22,23). The zero-order chi connectivity index (χ0) is 19.5. The van der Waals surface area contributed by atoms with Crippen molar-refractivity contribution < 1.29 is 31.9 Å². The number of esters is 1. The summed E-state index contributed by atoms with van der Waals surface area (Å²) in [4.78, 5) is 27.7. The molecule has 1 amide bonds. The van der Waals surface area contributed by atoms with Crippen molar-refractivity contribution in [3.8, 4) is 0 Å². The first-order chi connectivity index (χ1) is 12.1. The number of furan rings is 1. The van der Waals surface area contributed by atoms with Crippen molar-refractivity contribution in [3.63, 3.8) is 0 Å². The van der Waals surface area contributed by atoms with Crippen LogP contribution in [0.25, 0.3) is 0 Å². The fraction of sp³-hybridized carbons (Fsp3) is 0.214. The summed E-state index contributed by atoms with van der Waals surface area (Å²) < 4.78 is 50.4. The van der Waals surface area contributed by atoms with Crippen molar-refractivity contribution >= 4 is 40.9 Å². The van der Waals surface area contributed by atoms with Crippen LogP contribution in [-0.2, 0) is 9.53 Å². The number of carbonyl (C=O) groups excluding carboxylic acids is 2. The minimum absolute atomic E-state index is 0.0517. The molecule has 2 aromatic heterocycles. The highest BCUT2D eigenvalue weighted by atomic mass is 35.5. The van der Waals surface area contributed by atoms with Crippen LogP contribution < -0.4 is 10.6 Å². The maximum Gasteiger partial charge on any atom is 0.441 e. The van der Waals surface area contributed by atoms with Crippen molar-refractivity contribution in [2.45, 2.75) is 11.8 Å². The van der Waals surface area contributed by atoms with Gasteiger partial charge in [-0.05, 0) is 18.2 Å². The second-order valence-electron chi connectivity index (χ2n) is 4.78. The first kappa shape index (κ1) is 19.9. The van der Waals surface area contributed by atoms with Crippen LogP contribution in [0.2, 0.25) is 10.0 Å². The van der Waals surface area contributed by atoms with Gasteiger partial charge in [0.2, 0.25) is 0 Å². The molecule has 2 heterocycles. The molecule has 0 aliphatic carbocycles. The number of carbonyl (C=O) groups is 2. The Morgan fingerprint density at radius 2 is 2.00 bits per heavy atom. The zero-order valence-corrected chi connectivity index (χ0v) is 14.4. The number of anilines is 1. The second kappa shape index (κ2) is 7.42. The van der Waals surface area contributed by atoms with Crippen LogP contribution in [0.3, 0.4) is 0 Å². The van der Waals surface area contributed by atoms with Crippen molar-refractivity contribution in [2.75, 3.05) is 12.4 Å². The summed E-state index contributed by atoms with van der Waals surface area (Å²) in [5.74, 6) is -4.19. The number of alkyl halides is 3. The van der Waals surface area contributed by atoms with Gasteiger partial charge in [0.1, 0.15) is 5.82 Å². The Kier molecular flexibility index (Phi) is 5.67. The van der Waals surface area contributed by atoms with Gasteiger partial charge < -0.3 is 19.8 Å². The lowest BCUT2D eigenvalue weighted by atomic mass is 10.1. The normalized spacial score (nSPS) is 13.6. The third kappa shape index (κ3) is 3.86. The molecule has 1 atom stereocenters. The zero-order valence-electron chi connectivity index (χ0n) is 12.9. The number of halogens is 5. The number of hydrogen-bond acceptors (Lipinski definition) is 6. The van der Waals surface area contributed by atoms with Gasteiger partial charge >= 0.3 is 17.8 Å². The number of hydrogen-bond donors (Lipinski definition) is 2. The van der Waals surface area contributed by atoms with E-state index >= 15 is 0 Å². The summed E-state index contributed by atoms with van der Waals surface area (Å²) in [6, 6.07) is 3.50. The smallest absolute Gasteiger partial charge is 0.441 e. The number of ether oxygens (including phenoxy) is 1. The Balaban J connectivity index is 2.52. The van der Waals surface area contributed by atoms with E-state index in [1.165, 1.54) is 11.4 Å². The lowest BCUT2D eigenvalue weighted by molar-refractivity contribution is -0.203. The van der Waals surface area contributed by atoms with Gasteiger partial charge in [-0.3, -0.25) is 4.79 Å². The van der Waals surface area contributed by atoms with Crippen molar-refractivity contribution in [3.05, 3.63) is 46.5 Å². The minimum atomic E-state index is -5.34. The molecule has 7 nitrogen and oxygen atoms in total. The maximum absolute atomic E-state index is 13.8. The van der Waals surface area contributed by atoms with E-state index in [1.54, 1.807) is 5.32 Å². The number of aromatic nitrogens is 1. The number of rotatable bonds is 5. The van der Waals surface area contributed by atoms with Crippen LogP contribution in [0.5, 0.6) is 0 Å². The summed E-state index contributed by atoms with van der Waals surface area (Å²) in [5.41, 5.74) is -3.68. The first-order valence-corrected chi connectivity index (χ1v) is 7.46. The Hall–Kier alpha value is -2.46. The van der Waals surface area contributed by atoms with E-state index in [2.05, 4.69) is 9.72 Å². The van der Waals surface area contributed by atoms with Crippen molar-refractivity contribution in [2.24, 2.45) is 0 Å². The molecule has 12 heteroatoms. The van der Waals surface area contributed by atoms with E-state index in [1.807, 2.05) is 0 Å². The number of pyridine rings is 1. The predicted molar refractivity (Wildman–Crippen MR) is 84.9 cm³/mol. The molecule has 0 radical (unpaired) electrons. The van der Waals surface area contributed by atoms with Gasteiger partial charge in [0.15, 0.2) is 5.76 Å². The number of amides is 1. The summed E-state index contributed by atoms with van der Waals surface area (Å²) in [6.45, 7) is 0. The lowest BCUT2D eigenvalue weighted by Gasteiger charge is -2.34. The average Bonchev–Trinajstić information content (AvgIpc) is 3.09. The summed E-state index contributed by atoms with van der Waals surface area (Å²) in [7, 11) is 0.723. The van der Waals surface area contributed by atoms with Gasteiger partial charge in [0.25, 0.3) is 5.91 Å². The fourth-order valence-corrected chi connectivity index (χ4v) is 2.30. The predicted octanol–water partition coefficient (Wildman–Crippen LogP) is 3.25. The van der Waals surface area contributed by atoms with Crippen LogP contribution in [0, 0.1) is 0 Å². The number of nitrogens with one attached hydrogen (secondary N) is 2. The van der Waals surface area contributed by atoms with Crippen LogP contribution in [0.1, 0.15) is 10.6 Å². The van der Waals surface area contributed by atoms with Crippen LogP contribution in [-0.4, -0.2) is 35.8 Å². The van der Waals surface area contributed by atoms with Gasteiger partial charge in [-0.15, -0.1) is 0 Å². The van der Waals surface area contributed by atoms with E-state index in [9.17, 15) is 22.8 Å². The lowest BCUT2D eigenvalue weighted by Crippen LogP contribution is -2.69. The molecule has 0 aliphatic rings. The monoisotopic (exact) mass is 411 g/mol. The average molecular weight is 412 g/mol. The Labute approximate surface area is 154 Å². The van der Waals surface area contributed by atoms with Gasteiger partial charge in [-0.1, -0.05) is 23.2 Å². The minimum Gasteiger partial charge on any atom is -0.466 e. The molecule has 0 saturated heterocycles. The van der Waals surface area contributed by atoms with Crippen molar-refractivity contribution in [1.29, 1.82) is 0 Å². The molecule has 0 fully saturated rings. The first-order valence-electron chi connectivity index (χ1n) is 6.71. The number of methoxy groups -OCH3 is 1. The van der Waals surface area contributed by atoms with Gasteiger partial charge in [-0.25, -0.2) is 9.78 Å². The fourth-order valence-electron chi connectivity index (χ4n) is 1.87. The highest BCUT2D eigenvalue weighted by molar-refractivity contribution is 6.36. The molecule has 2 N–H and O–H groups in total. The third-order valence-electron chi connectivity index (χ3n) is 3.08. The van der Waals surface area contributed by atoms with Gasteiger partial charge in [0, 0.05) is 6.20 Å². The SMILES string of the molecule is COC(=O)C(NC(=O)c1ccco1)(Nc1ncc(Cl)cc1Cl)C(F)(F)F. The summed E-state index contributed by atoms with van der Waals surface area (Å²) in [6.07, 6.45) is -3.26. The Bertz CT molecular complexity index is 814. The van der Waals surface area contributed by atoms with E-state index in [0.717, 1.165) is 31.7 Å². The summed E-state index contributed by atoms with van der Waals surface area (Å²) in [5, 5.41) is 3.07. The van der Waals surface area contributed by atoms with Crippen molar-refractivity contribution in [1.82, 2.24) is 10.3 Å². The highest BCUT2D eigenvalue weighted by Gasteiger charge is 2.64. The molecule has 26 heavy (non-hydrogen) atoms. The van der Waals surface area contributed by atoms with Crippen LogP contribution >= 0.6 is 23.2 Å². The Morgan fingerprint density at radius 1 is 1.31 bits per heavy atom. The largest absolute Gasteiger partial charge is 0.466 e. The molecule has 0 saturated carbocycles. The molecular weight excluding hydrogens is 402 g/mol. The van der Waals surface area contributed by atoms with Gasteiger partial charge in [0.05, 0.1) is 23.4 Å². The summed E-state index contributed by atoms with van der Waals surface area (Å²) >= 11 is 11.5. The maximum atomic E-state index is 13.8. The molecule has 140 valence electrons. The molecule has 0 aliphatic heterocycles. The molecule has 1 unspecified atom stereocenters. The van der Waals surface area contributed by atoms with E-state index in [4.69, 9.17) is 27.6 Å². The number of nitrogens with zero attached hydrogens (tertiary/aromatic N) is 1. The highest BCUT2D eigenvalue weighted by Crippen LogP contribution is 2.35. The van der Waals surface area contributed by atoms with E-state index in [-0.39, 0.29) is 10.0 Å².